The molecule has 0 bridgehead atoms. The quantitative estimate of drug-likeness (QED) is 0.775. The number of benzene rings is 2. The molecule has 1 heterocycles. The normalized spacial score (nSPS) is 13.5. The molecular formula is C17H18N2OS. The summed E-state index contributed by atoms with van der Waals surface area (Å²) in [5, 5.41) is 17.3. The van der Waals surface area contributed by atoms with Crippen molar-refractivity contribution in [3.8, 4) is 0 Å². The summed E-state index contributed by atoms with van der Waals surface area (Å²) >= 11 is 1.28. The van der Waals surface area contributed by atoms with E-state index in [0.717, 1.165) is 26.9 Å². The number of aliphatic hydroxyl groups excluding tert-OH is 1. The third-order valence-corrected chi connectivity index (χ3v) is 4.37. The van der Waals surface area contributed by atoms with Crippen molar-refractivity contribution in [2.45, 2.75) is 32.3 Å². The summed E-state index contributed by atoms with van der Waals surface area (Å²) in [6.45, 7) is 6.26. The topological polar surface area (TPSA) is 46.0 Å². The van der Waals surface area contributed by atoms with Crippen LogP contribution in [-0.4, -0.2) is 14.7 Å². The Kier molecular flexibility index (Phi) is 3.51. The van der Waals surface area contributed by atoms with E-state index in [2.05, 4.69) is 42.5 Å². The van der Waals surface area contributed by atoms with Crippen LogP contribution >= 0.6 is 11.5 Å². The van der Waals surface area contributed by atoms with Gasteiger partial charge in [0.2, 0.25) is 0 Å². The van der Waals surface area contributed by atoms with Gasteiger partial charge in [-0.15, -0.1) is 5.10 Å². The Hall–Kier alpha value is -1.78. The summed E-state index contributed by atoms with van der Waals surface area (Å²) < 4.78 is 4.05. The van der Waals surface area contributed by atoms with Crippen molar-refractivity contribution in [1.82, 2.24) is 9.59 Å². The van der Waals surface area contributed by atoms with Gasteiger partial charge >= 0.3 is 0 Å². The minimum atomic E-state index is -0.690. The Morgan fingerprint density at radius 3 is 2.52 bits per heavy atom. The van der Waals surface area contributed by atoms with Gasteiger partial charge in [-0.05, 0) is 27.9 Å². The molecule has 3 nitrogen and oxygen atoms in total. The van der Waals surface area contributed by atoms with Gasteiger partial charge in [-0.2, -0.15) is 0 Å². The SMILES string of the molecule is CC(C)(C)c1nnsc1C(O)c1cccc2ccccc12. The highest BCUT2D eigenvalue weighted by Gasteiger charge is 2.27. The third-order valence-electron chi connectivity index (χ3n) is 3.59. The second-order valence-corrected chi connectivity index (χ2v) is 6.99. The first-order valence-electron chi connectivity index (χ1n) is 6.97. The standard InChI is InChI=1S/C17H18N2OS/c1-17(2,3)16-15(21-19-18-16)14(20)13-10-6-8-11-7-4-5-9-12(11)13/h4-10,14,20H,1-3H3. The second-order valence-electron chi connectivity index (χ2n) is 6.21. The predicted molar refractivity (Wildman–Crippen MR) is 86.6 cm³/mol. The highest BCUT2D eigenvalue weighted by atomic mass is 32.1. The van der Waals surface area contributed by atoms with Gasteiger partial charge in [0.1, 0.15) is 6.10 Å². The van der Waals surface area contributed by atoms with E-state index in [0.29, 0.717) is 0 Å². The lowest BCUT2D eigenvalue weighted by molar-refractivity contribution is 0.222. The van der Waals surface area contributed by atoms with Crippen LogP contribution in [0.25, 0.3) is 10.8 Å². The molecule has 0 saturated carbocycles. The average Bonchev–Trinajstić information content (AvgIpc) is 2.95. The Labute approximate surface area is 128 Å². The smallest absolute Gasteiger partial charge is 0.117 e. The zero-order chi connectivity index (χ0) is 15.0. The molecule has 1 atom stereocenters. The van der Waals surface area contributed by atoms with Crippen LogP contribution in [0, 0.1) is 0 Å². The summed E-state index contributed by atoms with van der Waals surface area (Å²) in [5.41, 5.74) is 1.64. The largest absolute Gasteiger partial charge is 0.383 e. The molecule has 0 saturated heterocycles. The molecule has 1 N–H and O–H groups in total. The zero-order valence-electron chi connectivity index (χ0n) is 12.4. The maximum absolute atomic E-state index is 10.9. The van der Waals surface area contributed by atoms with Crippen LogP contribution in [0.2, 0.25) is 0 Å². The van der Waals surface area contributed by atoms with Gasteiger partial charge in [0.15, 0.2) is 0 Å². The number of aromatic nitrogens is 2. The number of hydrogen-bond donors (Lipinski definition) is 1. The Morgan fingerprint density at radius 1 is 1.05 bits per heavy atom. The van der Waals surface area contributed by atoms with E-state index >= 15 is 0 Å². The summed E-state index contributed by atoms with van der Waals surface area (Å²) in [4.78, 5) is 0.832. The summed E-state index contributed by atoms with van der Waals surface area (Å²) in [7, 11) is 0. The molecule has 21 heavy (non-hydrogen) atoms. The number of rotatable bonds is 2. The molecular weight excluding hydrogens is 280 g/mol. The first-order chi connectivity index (χ1) is 9.98. The van der Waals surface area contributed by atoms with Crippen LogP contribution in [-0.2, 0) is 5.41 Å². The molecule has 108 valence electrons. The fourth-order valence-corrected chi connectivity index (χ4v) is 3.40. The average molecular weight is 298 g/mol. The summed E-state index contributed by atoms with van der Waals surface area (Å²) in [6, 6.07) is 14.1. The summed E-state index contributed by atoms with van der Waals surface area (Å²) in [5.74, 6) is 0. The monoisotopic (exact) mass is 298 g/mol. The van der Waals surface area contributed by atoms with Crippen molar-refractivity contribution in [1.29, 1.82) is 0 Å². The van der Waals surface area contributed by atoms with Gasteiger partial charge in [0.25, 0.3) is 0 Å². The van der Waals surface area contributed by atoms with E-state index in [1.54, 1.807) is 0 Å². The molecule has 0 radical (unpaired) electrons. The highest BCUT2D eigenvalue weighted by Crippen LogP contribution is 2.35. The van der Waals surface area contributed by atoms with Crippen LogP contribution in [0.5, 0.6) is 0 Å². The lowest BCUT2D eigenvalue weighted by atomic mass is 9.89. The number of fused-ring (bicyclic) bond motifs is 1. The van der Waals surface area contributed by atoms with E-state index in [1.165, 1.54) is 11.5 Å². The van der Waals surface area contributed by atoms with Gasteiger partial charge in [0, 0.05) is 5.41 Å². The molecule has 0 aliphatic rings. The molecule has 4 heteroatoms. The molecule has 3 aromatic rings. The molecule has 0 fully saturated rings. The van der Waals surface area contributed by atoms with Gasteiger partial charge in [-0.1, -0.05) is 67.7 Å². The Morgan fingerprint density at radius 2 is 1.76 bits per heavy atom. The second kappa shape index (κ2) is 5.20. The van der Waals surface area contributed by atoms with Crippen molar-refractivity contribution in [3.63, 3.8) is 0 Å². The van der Waals surface area contributed by atoms with Crippen LogP contribution in [0.1, 0.15) is 43.0 Å². The molecule has 1 aromatic heterocycles. The van der Waals surface area contributed by atoms with Crippen LogP contribution in [0.15, 0.2) is 42.5 Å². The molecule has 1 unspecified atom stereocenters. The van der Waals surface area contributed by atoms with Crippen LogP contribution in [0.3, 0.4) is 0 Å². The lowest BCUT2D eigenvalue weighted by Crippen LogP contribution is -2.16. The zero-order valence-corrected chi connectivity index (χ0v) is 13.2. The van der Waals surface area contributed by atoms with Crippen molar-refractivity contribution in [2.24, 2.45) is 0 Å². The first-order valence-corrected chi connectivity index (χ1v) is 7.74. The van der Waals surface area contributed by atoms with Gasteiger partial charge in [-0.25, -0.2) is 0 Å². The van der Waals surface area contributed by atoms with Crippen molar-refractivity contribution in [2.75, 3.05) is 0 Å². The van der Waals surface area contributed by atoms with Crippen LogP contribution in [0.4, 0.5) is 0 Å². The Bertz CT molecular complexity index is 768. The van der Waals surface area contributed by atoms with Gasteiger partial charge in [-0.3, -0.25) is 0 Å². The minimum absolute atomic E-state index is 0.131. The van der Waals surface area contributed by atoms with E-state index in [9.17, 15) is 5.11 Å². The van der Waals surface area contributed by atoms with Gasteiger partial charge < -0.3 is 5.11 Å². The maximum Gasteiger partial charge on any atom is 0.117 e. The summed E-state index contributed by atoms with van der Waals surface area (Å²) in [6.07, 6.45) is -0.690. The number of hydrogen-bond acceptors (Lipinski definition) is 4. The Balaban J connectivity index is 2.14. The first kappa shape index (κ1) is 14.2. The number of aliphatic hydroxyl groups is 1. The molecule has 3 rings (SSSR count). The highest BCUT2D eigenvalue weighted by molar-refractivity contribution is 7.05. The third kappa shape index (κ3) is 2.57. The molecule has 0 spiro atoms. The minimum Gasteiger partial charge on any atom is -0.383 e. The van der Waals surface area contributed by atoms with Crippen molar-refractivity contribution < 1.29 is 5.11 Å². The molecule has 0 amide bonds. The lowest BCUT2D eigenvalue weighted by Gasteiger charge is -2.20. The molecule has 0 aliphatic heterocycles. The van der Waals surface area contributed by atoms with Crippen LogP contribution < -0.4 is 0 Å². The fraction of sp³-hybridized carbons (Fsp3) is 0.294. The van der Waals surface area contributed by atoms with E-state index in [4.69, 9.17) is 0 Å². The molecule has 2 aromatic carbocycles. The molecule has 0 aliphatic carbocycles. The van der Waals surface area contributed by atoms with Crippen molar-refractivity contribution in [3.05, 3.63) is 58.6 Å². The van der Waals surface area contributed by atoms with E-state index in [1.807, 2.05) is 30.3 Å². The predicted octanol–water partition coefficient (Wildman–Crippen LogP) is 4.07. The van der Waals surface area contributed by atoms with Crippen molar-refractivity contribution >= 4 is 22.3 Å². The van der Waals surface area contributed by atoms with E-state index in [-0.39, 0.29) is 5.41 Å². The maximum atomic E-state index is 10.9. The number of nitrogens with zero attached hydrogens (tertiary/aromatic N) is 2. The van der Waals surface area contributed by atoms with Gasteiger partial charge in [0.05, 0.1) is 10.6 Å². The fourth-order valence-electron chi connectivity index (χ4n) is 2.53. The van der Waals surface area contributed by atoms with E-state index < -0.39 is 6.10 Å².